The number of hydrogen-bond donors (Lipinski definition) is 4. The summed E-state index contributed by atoms with van der Waals surface area (Å²) < 4.78 is 10.6. The smallest absolute Gasteiger partial charge is 0.335 e. The fourth-order valence-electron chi connectivity index (χ4n) is 4.12. The van der Waals surface area contributed by atoms with E-state index in [0.717, 1.165) is 78.6 Å². The second-order valence-corrected chi connectivity index (χ2v) is 9.23. The number of carboxylic acid groups (broad SMARTS) is 1. The minimum Gasteiger partial charge on any atom is -0.508 e. The molecule has 38 heavy (non-hydrogen) atoms. The third-order valence-electron chi connectivity index (χ3n) is 6.12. The van der Waals surface area contributed by atoms with Gasteiger partial charge < -0.3 is 24.4 Å². The van der Waals surface area contributed by atoms with Crippen LogP contribution in [0.3, 0.4) is 0 Å². The lowest BCUT2D eigenvalue weighted by Gasteiger charge is -2.26. The van der Waals surface area contributed by atoms with Crippen molar-refractivity contribution >= 4 is 24.6 Å². The Morgan fingerprint density at radius 3 is 2.47 bits per heavy atom. The number of benzene rings is 3. The summed E-state index contributed by atoms with van der Waals surface area (Å²) in [5.41, 5.74) is 5.37. The normalized spacial score (nSPS) is 14.1. The molecule has 5 N–H and O–H groups in total. The van der Waals surface area contributed by atoms with Crippen molar-refractivity contribution in [1.82, 2.24) is 10.2 Å². The van der Waals surface area contributed by atoms with E-state index in [1.165, 1.54) is 12.1 Å². The van der Waals surface area contributed by atoms with Gasteiger partial charge in [0.05, 0.1) is 24.8 Å². The molecule has 0 saturated carbocycles. The van der Waals surface area contributed by atoms with Crippen LogP contribution in [0.1, 0.15) is 40.0 Å². The summed E-state index contributed by atoms with van der Waals surface area (Å²) in [6.07, 6.45) is 0.621. The first kappa shape index (κ1) is 29.0. The van der Waals surface area contributed by atoms with E-state index < -0.39 is 5.97 Å². The molecule has 0 bridgehead atoms. The number of amides is 1. The molecule has 1 fully saturated rings. The Balaban J connectivity index is 0.000000244. The molecule has 3 aromatic rings. The van der Waals surface area contributed by atoms with E-state index in [1.807, 2.05) is 38.1 Å². The number of phenols is 1. The van der Waals surface area contributed by atoms with E-state index in [-0.39, 0.29) is 17.4 Å². The number of nitrogens with one attached hydrogen (secondary N) is 1. The Morgan fingerprint density at radius 2 is 1.87 bits per heavy atom. The number of aromatic carboxylic acids is 1. The Kier molecular flexibility index (Phi) is 11.0. The Bertz CT molecular complexity index is 1220. The van der Waals surface area contributed by atoms with Gasteiger partial charge in [0.1, 0.15) is 23.7 Å². The number of nitrogens with two attached hydrogens (primary N) is 1. The van der Waals surface area contributed by atoms with Crippen LogP contribution in [0.4, 0.5) is 0 Å². The largest absolute Gasteiger partial charge is 0.508 e. The van der Waals surface area contributed by atoms with E-state index in [0.29, 0.717) is 6.41 Å². The Hall–Kier alpha value is -3.57. The second-order valence-electron chi connectivity index (χ2n) is 8.87. The summed E-state index contributed by atoms with van der Waals surface area (Å²) in [5, 5.41) is 26.7. The van der Waals surface area contributed by atoms with Gasteiger partial charge in [-0.05, 0) is 84.1 Å². The second kappa shape index (κ2) is 14.4. The molecule has 0 aliphatic carbocycles. The van der Waals surface area contributed by atoms with Crippen LogP contribution in [0.15, 0.2) is 60.7 Å². The van der Waals surface area contributed by atoms with Crippen molar-refractivity contribution in [3.05, 3.63) is 82.9 Å². The van der Waals surface area contributed by atoms with Gasteiger partial charge in [-0.15, -0.1) is 0 Å². The highest BCUT2D eigenvalue weighted by Gasteiger charge is 2.13. The standard InChI is InChI=1S/C18H22N2O3S.C10H11NO3/c1-13-8-17(23-24-19)2-3-18(13)15-9-14(10-16(21)11-15)12-20-4-6-22-7-5-20;1-7(11-6-12)8-2-4-9(5-3-8)10(13)14/h2-3,8-11,21H,4-7,12,19H2,1H3;2-7H,1H3,(H,11,12)(H,13,14). The molecule has 1 saturated heterocycles. The molecule has 1 unspecified atom stereocenters. The Morgan fingerprint density at radius 1 is 1.16 bits per heavy atom. The van der Waals surface area contributed by atoms with Crippen LogP contribution in [-0.2, 0) is 16.1 Å². The number of carboxylic acids is 1. The molecule has 0 radical (unpaired) electrons. The minimum absolute atomic E-state index is 0.102. The number of nitrogens with zero attached hydrogens (tertiary/aromatic N) is 1. The number of ether oxygens (including phenoxy) is 1. The molecule has 0 aromatic heterocycles. The van der Waals surface area contributed by atoms with Gasteiger partial charge in [-0.1, -0.05) is 18.2 Å². The molecule has 3 aromatic carbocycles. The summed E-state index contributed by atoms with van der Waals surface area (Å²) in [6, 6.07) is 17.9. The quantitative estimate of drug-likeness (QED) is 0.178. The number of aromatic hydroxyl groups is 1. The van der Waals surface area contributed by atoms with Gasteiger partial charge in [-0.25, -0.2) is 9.93 Å². The van der Waals surface area contributed by atoms with Gasteiger partial charge in [0.15, 0.2) is 0 Å². The number of phenolic OH excluding ortho intramolecular Hbond substituents is 1. The van der Waals surface area contributed by atoms with Crippen LogP contribution >= 0.6 is 12.2 Å². The third-order valence-corrected chi connectivity index (χ3v) is 6.41. The molecular formula is C28H33N3O6S. The molecule has 202 valence electrons. The number of morpholine rings is 1. The maximum Gasteiger partial charge on any atom is 0.335 e. The predicted octanol–water partition coefficient (Wildman–Crippen LogP) is 4.29. The summed E-state index contributed by atoms with van der Waals surface area (Å²) in [5.74, 6) is 0.0537. The lowest BCUT2D eigenvalue weighted by atomic mass is 9.98. The molecule has 4 rings (SSSR count). The van der Waals surface area contributed by atoms with E-state index in [9.17, 15) is 14.7 Å². The van der Waals surface area contributed by atoms with Crippen molar-refractivity contribution < 1.29 is 28.7 Å². The van der Waals surface area contributed by atoms with Crippen LogP contribution in [0.25, 0.3) is 11.1 Å². The molecule has 1 aliphatic heterocycles. The van der Waals surface area contributed by atoms with Gasteiger partial charge in [-0.2, -0.15) is 0 Å². The van der Waals surface area contributed by atoms with E-state index >= 15 is 0 Å². The molecule has 1 heterocycles. The van der Waals surface area contributed by atoms with Crippen LogP contribution in [-0.4, -0.2) is 53.8 Å². The van der Waals surface area contributed by atoms with Crippen LogP contribution in [0.5, 0.6) is 11.5 Å². The van der Waals surface area contributed by atoms with Gasteiger partial charge in [0.2, 0.25) is 6.41 Å². The average molecular weight is 540 g/mol. The van der Waals surface area contributed by atoms with Crippen LogP contribution < -0.4 is 14.6 Å². The highest BCUT2D eigenvalue weighted by Crippen LogP contribution is 2.31. The summed E-state index contributed by atoms with van der Waals surface area (Å²) >= 11 is 0.834. The van der Waals surface area contributed by atoms with Gasteiger partial charge >= 0.3 is 5.97 Å². The van der Waals surface area contributed by atoms with Gasteiger partial charge in [0, 0.05) is 19.6 Å². The van der Waals surface area contributed by atoms with Crippen molar-refractivity contribution in [3.63, 3.8) is 0 Å². The van der Waals surface area contributed by atoms with E-state index in [1.54, 1.807) is 18.2 Å². The maximum atomic E-state index is 10.5. The summed E-state index contributed by atoms with van der Waals surface area (Å²) in [6.45, 7) is 8.05. The van der Waals surface area contributed by atoms with Crippen molar-refractivity contribution in [1.29, 1.82) is 0 Å². The van der Waals surface area contributed by atoms with Crippen molar-refractivity contribution in [2.24, 2.45) is 5.14 Å². The SMILES string of the molecule is CC(NC=O)c1ccc(C(=O)O)cc1.Cc1cc(OSN)ccc1-c1cc(O)cc(CN2CCOCC2)c1. The first-order chi connectivity index (χ1) is 18.3. The van der Waals surface area contributed by atoms with Crippen LogP contribution in [0.2, 0.25) is 0 Å². The summed E-state index contributed by atoms with van der Waals surface area (Å²) in [7, 11) is 0. The number of carbonyl (C=O) groups is 2. The lowest BCUT2D eigenvalue weighted by Crippen LogP contribution is -2.35. The third kappa shape index (κ3) is 8.49. The zero-order chi connectivity index (χ0) is 27.5. The molecular weight excluding hydrogens is 506 g/mol. The first-order valence-corrected chi connectivity index (χ1v) is 12.9. The Labute approximate surface area is 226 Å². The fraction of sp³-hybridized carbons (Fsp3) is 0.286. The molecule has 1 amide bonds. The lowest BCUT2D eigenvalue weighted by molar-refractivity contribution is -0.110. The fourth-order valence-corrected chi connectivity index (χ4v) is 4.33. The minimum atomic E-state index is -0.951. The van der Waals surface area contributed by atoms with Gasteiger partial charge in [0.25, 0.3) is 0 Å². The molecule has 1 atom stereocenters. The zero-order valence-corrected chi connectivity index (χ0v) is 22.2. The molecule has 10 heteroatoms. The monoisotopic (exact) mass is 539 g/mol. The molecule has 9 nitrogen and oxygen atoms in total. The average Bonchev–Trinajstić information content (AvgIpc) is 2.90. The topological polar surface area (TPSA) is 134 Å². The van der Waals surface area contributed by atoms with Crippen molar-refractivity contribution in [2.45, 2.75) is 26.4 Å². The van der Waals surface area contributed by atoms with Gasteiger partial charge in [-0.3, -0.25) is 9.69 Å². The summed E-state index contributed by atoms with van der Waals surface area (Å²) in [4.78, 5) is 23.0. The highest BCUT2D eigenvalue weighted by atomic mass is 32.2. The predicted molar refractivity (Wildman–Crippen MR) is 148 cm³/mol. The molecule has 0 spiro atoms. The van der Waals surface area contributed by atoms with Crippen LogP contribution in [0, 0.1) is 6.92 Å². The van der Waals surface area contributed by atoms with E-state index in [4.69, 9.17) is 19.2 Å². The number of carbonyl (C=O) groups excluding carboxylic acids is 1. The zero-order valence-electron chi connectivity index (χ0n) is 21.4. The van der Waals surface area contributed by atoms with E-state index in [2.05, 4.69) is 16.3 Å². The first-order valence-electron chi connectivity index (χ1n) is 12.1. The van der Waals surface area contributed by atoms with Crippen molar-refractivity contribution in [2.75, 3.05) is 26.3 Å². The van der Waals surface area contributed by atoms with Crippen molar-refractivity contribution in [3.8, 4) is 22.6 Å². The number of hydrogen-bond acceptors (Lipinski definition) is 8. The number of rotatable bonds is 9. The maximum absolute atomic E-state index is 10.5. The molecule has 1 aliphatic rings. The highest BCUT2D eigenvalue weighted by molar-refractivity contribution is 7.92. The number of aryl methyl sites for hydroxylation is 1.